The number of para-hydroxylation sites is 1. The smallest absolute Gasteiger partial charge is 0.184 e. The van der Waals surface area contributed by atoms with Crippen molar-refractivity contribution in [3.63, 3.8) is 0 Å². The molecule has 0 spiro atoms. The Kier molecular flexibility index (Phi) is 4.19. The van der Waals surface area contributed by atoms with Gasteiger partial charge in [-0.25, -0.2) is 0 Å². The Morgan fingerprint density at radius 3 is 2.65 bits per heavy atom. The van der Waals surface area contributed by atoms with Crippen LogP contribution in [0.3, 0.4) is 0 Å². The third kappa shape index (κ3) is 3.13. The topological polar surface area (TPSA) is 72.1 Å². The van der Waals surface area contributed by atoms with Gasteiger partial charge in [-0.1, -0.05) is 30.3 Å². The fourth-order valence-electron chi connectivity index (χ4n) is 2.46. The number of aromatic nitrogens is 2. The minimum absolute atomic E-state index is 0.0860. The standard InChI is InChI=1S/C18H16N2O3/c1-23-13-6-4-5-12(11-13)16(21)9-10-17(22)18-14-7-2-3-8-15(14)19-20-18/h2-8,11H,9-10H2,1H3,(H,19,20). The fourth-order valence-corrected chi connectivity index (χ4v) is 2.46. The predicted octanol–water partition coefficient (Wildman–Crippen LogP) is 3.42. The van der Waals surface area contributed by atoms with Crippen LogP contribution in [0, 0.1) is 0 Å². The van der Waals surface area contributed by atoms with Crippen LogP contribution in [-0.4, -0.2) is 28.9 Å². The molecule has 1 heterocycles. The van der Waals surface area contributed by atoms with Gasteiger partial charge < -0.3 is 4.74 Å². The van der Waals surface area contributed by atoms with Crippen LogP contribution in [0.5, 0.6) is 5.75 Å². The Hall–Kier alpha value is -2.95. The summed E-state index contributed by atoms with van der Waals surface area (Å²) in [7, 11) is 1.55. The number of nitrogens with one attached hydrogen (secondary N) is 1. The second-order valence-corrected chi connectivity index (χ2v) is 5.20. The van der Waals surface area contributed by atoms with Crippen molar-refractivity contribution in [1.29, 1.82) is 0 Å². The van der Waals surface area contributed by atoms with Gasteiger partial charge in [0.05, 0.1) is 12.6 Å². The van der Waals surface area contributed by atoms with E-state index in [4.69, 9.17) is 4.74 Å². The van der Waals surface area contributed by atoms with Crippen molar-refractivity contribution in [3.8, 4) is 5.75 Å². The van der Waals surface area contributed by atoms with Crippen LogP contribution in [0.15, 0.2) is 48.5 Å². The first-order chi connectivity index (χ1) is 11.2. The highest BCUT2D eigenvalue weighted by Crippen LogP contribution is 2.19. The number of methoxy groups -OCH3 is 1. The highest BCUT2D eigenvalue weighted by molar-refractivity contribution is 6.07. The number of benzene rings is 2. The monoisotopic (exact) mass is 308 g/mol. The summed E-state index contributed by atoms with van der Waals surface area (Å²) in [6.07, 6.45) is 0.276. The molecule has 3 aromatic rings. The number of H-pyrrole nitrogens is 1. The lowest BCUT2D eigenvalue weighted by Gasteiger charge is -2.03. The first kappa shape index (κ1) is 15.0. The maximum atomic E-state index is 12.3. The number of hydrogen-bond acceptors (Lipinski definition) is 4. The Labute approximate surface area is 133 Å². The summed E-state index contributed by atoms with van der Waals surface area (Å²) in [6, 6.07) is 14.4. The number of ether oxygens (including phenoxy) is 1. The zero-order valence-electron chi connectivity index (χ0n) is 12.7. The molecule has 23 heavy (non-hydrogen) atoms. The van der Waals surface area contributed by atoms with Crippen LogP contribution in [0.4, 0.5) is 0 Å². The molecule has 0 aliphatic rings. The van der Waals surface area contributed by atoms with E-state index >= 15 is 0 Å². The van der Waals surface area contributed by atoms with E-state index in [0.717, 1.165) is 10.9 Å². The van der Waals surface area contributed by atoms with Crippen molar-refractivity contribution in [2.75, 3.05) is 7.11 Å². The van der Waals surface area contributed by atoms with Crippen LogP contribution in [0.1, 0.15) is 33.7 Å². The number of Topliss-reactive ketones (excluding diaryl/α,β-unsaturated/α-hetero) is 2. The Bertz CT molecular complexity index is 867. The summed E-state index contributed by atoms with van der Waals surface area (Å²) >= 11 is 0. The summed E-state index contributed by atoms with van der Waals surface area (Å²) in [5.74, 6) is 0.399. The molecule has 1 N–H and O–H groups in total. The van der Waals surface area contributed by atoms with Gasteiger partial charge in [-0.2, -0.15) is 5.10 Å². The molecular weight excluding hydrogens is 292 g/mol. The second kappa shape index (κ2) is 6.44. The molecular formula is C18H16N2O3. The lowest BCUT2D eigenvalue weighted by atomic mass is 10.0. The first-order valence-electron chi connectivity index (χ1n) is 7.32. The molecule has 0 atom stereocenters. The molecule has 0 unspecified atom stereocenters. The maximum Gasteiger partial charge on any atom is 0.184 e. The third-order valence-corrected chi connectivity index (χ3v) is 3.71. The van der Waals surface area contributed by atoms with Crippen LogP contribution >= 0.6 is 0 Å². The second-order valence-electron chi connectivity index (χ2n) is 5.20. The van der Waals surface area contributed by atoms with Crippen LogP contribution in [0.2, 0.25) is 0 Å². The van der Waals surface area contributed by atoms with E-state index in [1.807, 2.05) is 24.3 Å². The van der Waals surface area contributed by atoms with Crippen molar-refractivity contribution >= 4 is 22.5 Å². The van der Waals surface area contributed by atoms with Gasteiger partial charge in [0, 0.05) is 23.8 Å². The molecule has 0 radical (unpaired) electrons. The minimum atomic E-state index is -0.140. The molecule has 0 saturated carbocycles. The average Bonchev–Trinajstić information content (AvgIpc) is 3.03. The molecule has 0 amide bonds. The number of ketones is 2. The molecule has 0 fully saturated rings. The third-order valence-electron chi connectivity index (χ3n) is 3.71. The number of carbonyl (C=O) groups excluding carboxylic acids is 2. The quantitative estimate of drug-likeness (QED) is 0.708. The van der Waals surface area contributed by atoms with E-state index in [0.29, 0.717) is 17.0 Å². The molecule has 0 aliphatic heterocycles. The van der Waals surface area contributed by atoms with Crippen molar-refractivity contribution in [2.45, 2.75) is 12.8 Å². The molecule has 0 bridgehead atoms. The number of aromatic amines is 1. The summed E-state index contributed by atoms with van der Waals surface area (Å²) in [5.41, 5.74) is 1.75. The maximum absolute atomic E-state index is 12.3. The Balaban J connectivity index is 1.70. The summed E-state index contributed by atoms with van der Waals surface area (Å²) in [4.78, 5) is 24.5. The number of nitrogens with zero attached hydrogens (tertiary/aromatic N) is 1. The molecule has 5 nitrogen and oxygen atoms in total. The zero-order valence-corrected chi connectivity index (χ0v) is 12.7. The van der Waals surface area contributed by atoms with Crippen LogP contribution in [0.25, 0.3) is 10.9 Å². The molecule has 2 aromatic carbocycles. The number of fused-ring (bicyclic) bond motifs is 1. The summed E-state index contributed by atoms with van der Waals surface area (Å²) in [6.45, 7) is 0. The van der Waals surface area contributed by atoms with E-state index in [2.05, 4.69) is 10.2 Å². The van der Waals surface area contributed by atoms with E-state index in [9.17, 15) is 9.59 Å². The predicted molar refractivity (Wildman–Crippen MR) is 87.0 cm³/mol. The van der Waals surface area contributed by atoms with Gasteiger partial charge in [0.2, 0.25) is 0 Å². The lowest BCUT2D eigenvalue weighted by molar-refractivity contribution is 0.0915. The molecule has 116 valence electrons. The molecule has 0 saturated heterocycles. The van der Waals surface area contributed by atoms with Gasteiger partial charge in [-0.05, 0) is 18.2 Å². The van der Waals surface area contributed by atoms with Crippen molar-refractivity contribution in [1.82, 2.24) is 10.2 Å². The first-order valence-corrected chi connectivity index (χ1v) is 7.32. The van der Waals surface area contributed by atoms with E-state index in [1.54, 1.807) is 31.4 Å². The zero-order chi connectivity index (χ0) is 16.2. The lowest BCUT2D eigenvalue weighted by Crippen LogP contribution is -2.06. The van der Waals surface area contributed by atoms with Gasteiger partial charge in [-0.3, -0.25) is 14.7 Å². The van der Waals surface area contributed by atoms with Crippen LogP contribution < -0.4 is 4.74 Å². The number of carbonyl (C=O) groups is 2. The fraction of sp³-hybridized carbons (Fsp3) is 0.167. The van der Waals surface area contributed by atoms with Gasteiger partial charge in [0.15, 0.2) is 11.6 Å². The van der Waals surface area contributed by atoms with Gasteiger partial charge >= 0.3 is 0 Å². The average molecular weight is 308 g/mol. The van der Waals surface area contributed by atoms with E-state index in [1.165, 1.54) is 0 Å². The summed E-state index contributed by atoms with van der Waals surface area (Å²) < 4.78 is 5.10. The van der Waals surface area contributed by atoms with Crippen molar-refractivity contribution in [3.05, 3.63) is 59.8 Å². The van der Waals surface area contributed by atoms with Gasteiger partial charge in [0.25, 0.3) is 0 Å². The summed E-state index contributed by atoms with van der Waals surface area (Å²) in [5, 5.41) is 7.68. The van der Waals surface area contributed by atoms with E-state index < -0.39 is 0 Å². The highest BCUT2D eigenvalue weighted by Gasteiger charge is 2.16. The Morgan fingerprint density at radius 1 is 1.04 bits per heavy atom. The minimum Gasteiger partial charge on any atom is -0.497 e. The molecule has 0 aliphatic carbocycles. The van der Waals surface area contributed by atoms with E-state index in [-0.39, 0.29) is 24.4 Å². The van der Waals surface area contributed by atoms with Gasteiger partial charge in [0.1, 0.15) is 11.4 Å². The van der Waals surface area contributed by atoms with Crippen molar-refractivity contribution in [2.24, 2.45) is 0 Å². The molecule has 5 heteroatoms. The largest absolute Gasteiger partial charge is 0.497 e. The molecule has 3 rings (SSSR count). The normalized spacial score (nSPS) is 10.7. The number of rotatable bonds is 6. The van der Waals surface area contributed by atoms with Crippen LogP contribution in [-0.2, 0) is 0 Å². The number of hydrogen-bond donors (Lipinski definition) is 1. The van der Waals surface area contributed by atoms with Gasteiger partial charge in [-0.15, -0.1) is 0 Å². The molecule has 1 aromatic heterocycles. The van der Waals surface area contributed by atoms with Crippen molar-refractivity contribution < 1.29 is 14.3 Å². The highest BCUT2D eigenvalue weighted by atomic mass is 16.5. The Morgan fingerprint density at radius 2 is 1.83 bits per heavy atom. The SMILES string of the molecule is COc1cccc(C(=O)CCC(=O)c2n[nH]c3ccccc23)c1.